The fourth-order valence-corrected chi connectivity index (χ4v) is 3.79. The summed E-state index contributed by atoms with van der Waals surface area (Å²) in [6.07, 6.45) is 1.17. The SMILES string of the molecule is C=CC(=O)OCc1ccc(-c2ccc(N(c3cccc(C)c3)c3cccc(C)c3)cc2)cc1. The molecule has 164 valence electrons. The first-order valence-electron chi connectivity index (χ1n) is 11.0. The van der Waals surface area contributed by atoms with Crippen LogP contribution < -0.4 is 4.90 Å². The maximum absolute atomic E-state index is 11.3. The Morgan fingerprint density at radius 1 is 0.758 bits per heavy atom. The largest absolute Gasteiger partial charge is 0.458 e. The van der Waals surface area contributed by atoms with Crippen molar-refractivity contribution < 1.29 is 9.53 Å². The topological polar surface area (TPSA) is 29.5 Å². The maximum atomic E-state index is 11.3. The normalized spacial score (nSPS) is 10.5. The Labute approximate surface area is 195 Å². The fraction of sp³-hybridized carbons (Fsp3) is 0.100. The van der Waals surface area contributed by atoms with Crippen molar-refractivity contribution in [2.24, 2.45) is 0 Å². The van der Waals surface area contributed by atoms with Gasteiger partial charge < -0.3 is 9.64 Å². The monoisotopic (exact) mass is 433 g/mol. The van der Waals surface area contributed by atoms with Crippen molar-refractivity contribution in [2.45, 2.75) is 20.5 Å². The molecular weight excluding hydrogens is 406 g/mol. The van der Waals surface area contributed by atoms with E-state index < -0.39 is 5.97 Å². The number of hydrogen-bond acceptors (Lipinski definition) is 3. The molecule has 0 N–H and O–H groups in total. The summed E-state index contributed by atoms with van der Waals surface area (Å²) in [5.41, 5.74) is 8.98. The number of carbonyl (C=O) groups is 1. The van der Waals surface area contributed by atoms with Gasteiger partial charge in [-0.1, -0.05) is 67.2 Å². The number of rotatable bonds is 7. The Morgan fingerprint density at radius 2 is 1.27 bits per heavy atom. The third-order valence-electron chi connectivity index (χ3n) is 5.48. The molecule has 3 nitrogen and oxygen atoms in total. The molecule has 0 atom stereocenters. The summed E-state index contributed by atoms with van der Waals surface area (Å²) in [7, 11) is 0. The predicted molar refractivity (Wildman–Crippen MR) is 136 cm³/mol. The molecule has 0 heterocycles. The van der Waals surface area contributed by atoms with Crippen LogP contribution in [0, 0.1) is 13.8 Å². The first kappa shape index (κ1) is 22.1. The Kier molecular flexibility index (Phi) is 6.70. The van der Waals surface area contributed by atoms with E-state index in [9.17, 15) is 4.79 Å². The zero-order chi connectivity index (χ0) is 23.2. The molecule has 3 heteroatoms. The Balaban J connectivity index is 1.62. The molecule has 4 aromatic rings. The summed E-state index contributed by atoms with van der Waals surface area (Å²) < 4.78 is 5.10. The highest BCUT2D eigenvalue weighted by Crippen LogP contribution is 2.36. The zero-order valence-electron chi connectivity index (χ0n) is 19.0. The first-order valence-corrected chi connectivity index (χ1v) is 11.0. The molecule has 0 aliphatic heterocycles. The van der Waals surface area contributed by atoms with Crippen molar-refractivity contribution in [3.8, 4) is 11.1 Å². The van der Waals surface area contributed by atoms with Crippen LogP contribution >= 0.6 is 0 Å². The number of anilines is 3. The van der Waals surface area contributed by atoms with Crippen molar-refractivity contribution >= 4 is 23.0 Å². The molecule has 0 saturated carbocycles. The van der Waals surface area contributed by atoms with Crippen LogP contribution in [0.3, 0.4) is 0 Å². The quantitative estimate of drug-likeness (QED) is 0.221. The van der Waals surface area contributed by atoms with Crippen LogP contribution in [-0.2, 0) is 16.1 Å². The van der Waals surface area contributed by atoms with E-state index in [-0.39, 0.29) is 6.61 Å². The molecular formula is C30H27NO2. The number of carbonyl (C=O) groups excluding carboxylic acids is 1. The summed E-state index contributed by atoms with van der Waals surface area (Å²) in [4.78, 5) is 13.5. The van der Waals surface area contributed by atoms with Gasteiger partial charge in [0.2, 0.25) is 0 Å². The Hall–Kier alpha value is -4.11. The molecule has 4 rings (SSSR count). The van der Waals surface area contributed by atoms with Gasteiger partial charge in [-0.3, -0.25) is 0 Å². The lowest BCUT2D eigenvalue weighted by Gasteiger charge is -2.26. The lowest BCUT2D eigenvalue weighted by molar-refractivity contribution is -0.138. The highest BCUT2D eigenvalue weighted by atomic mass is 16.5. The van der Waals surface area contributed by atoms with E-state index in [4.69, 9.17) is 4.74 Å². The average Bonchev–Trinajstić information content (AvgIpc) is 2.84. The van der Waals surface area contributed by atoms with Gasteiger partial charge in [0.25, 0.3) is 0 Å². The third-order valence-corrected chi connectivity index (χ3v) is 5.48. The van der Waals surface area contributed by atoms with E-state index in [1.165, 1.54) is 17.2 Å². The van der Waals surface area contributed by atoms with Gasteiger partial charge in [-0.2, -0.15) is 0 Å². The number of hydrogen-bond donors (Lipinski definition) is 0. The molecule has 0 radical (unpaired) electrons. The Bertz CT molecular complexity index is 1210. The summed E-state index contributed by atoms with van der Waals surface area (Å²) in [6.45, 7) is 7.89. The van der Waals surface area contributed by atoms with Crippen LogP contribution in [0.4, 0.5) is 17.1 Å². The lowest BCUT2D eigenvalue weighted by atomic mass is 10.0. The van der Waals surface area contributed by atoms with Gasteiger partial charge >= 0.3 is 5.97 Å². The number of nitrogens with zero attached hydrogens (tertiary/aromatic N) is 1. The van der Waals surface area contributed by atoms with E-state index in [0.717, 1.165) is 33.8 Å². The van der Waals surface area contributed by atoms with Crippen LogP contribution in [0.5, 0.6) is 0 Å². The molecule has 0 unspecified atom stereocenters. The van der Waals surface area contributed by atoms with E-state index in [1.807, 2.05) is 24.3 Å². The highest BCUT2D eigenvalue weighted by molar-refractivity contribution is 5.81. The van der Waals surface area contributed by atoms with Gasteiger partial charge in [0.05, 0.1) is 0 Å². The number of ether oxygens (including phenoxy) is 1. The Morgan fingerprint density at radius 3 is 1.76 bits per heavy atom. The van der Waals surface area contributed by atoms with Crippen LogP contribution in [0.1, 0.15) is 16.7 Å². The van der Waals surface area contributed by atoms with Gasteiger partial charge in [-0.15, -0.1) is 0 Å². The molecule has 0 aromatic heterocycles. The minimum absolute atomic E-state index is 0.242. The van der Waals surface area contributed by atoms with E-state index >= 15 is 0 Å². The number of benzene rings is 4. The summed E-state index contributed by atoms with van der Waals surface area (Å²) >= 11 is 0. The van der Waals surface area contributed by atoms with Gasteiger partial charge in [-0.25, -0.2) is 4.79 Å². The van der Waals surface area contributed by atoms with E-state index in [2.05, 4.69) is 98.1 Å². The fourth-order valence-electron chi connectivity index (χ4n) is 3.79. The van der Waals surface area contributed by atoms with Crippen LogP contribution in [-0.4, -0.2) is 5.97 Å². The van der Waals surface area contributed by atoms with Gasteiger partial charge in [-0.05, 0) is 78.1 Å². The molecule has 0 fully saturated rings. The average molecular weight is 434 g/mol. The molecule has 0 aliphatic carbocycles. The van der Waals surface area contributed by atoms with Crippen molar-refractivity contribution in [1.82, 2.24) is 0 Å². The zero-order valence-corrected chi connectivity index (χ0v) is 19.0. The van der Waals surface area contributed by atoms with Crippen LogP contribution in [0.2, 0.25) is 0 Å². The van der Waals surface area contributed by atoms with E-state index in [0.29, 0.717) is 0 Å². The van der Waals surface area contributed by atoms with Crippen LogP contribution in [0.15, 0.2) is 110 Å². The number of esters is 1. The third kappa shape index (κ3) is 5.39. The molecule has 33 heavy (non-hydrogen) atoms. The first-order chi connectivity index (χ1) is 16.0. The summed E-state index contributed by atoms with van der Waals surface area (Å²) in [5, 5.41) is 0. The highest BCUT2D eigenvalue weighted by Gasteiger charge is 2.13. The molecule has 0 amide bonds. The molecule has 0 spiro atoms. The predicted octanol–water partition coefficient (Wildman–Crippen LogP) is 7.67. The molecule has 0 bridgehead atoms. The second-order valence-electron chi connectivity index (χ2n) is 8.07. The molecule has 0 aliphatic rings. The second kappa shape index (κ2) is 10.0. The van der Waals surface area contributed by atoms with Crippen LogP contribution in [0.25, 0.3) is 11.1 Å². The van der Waals surface area contributed by atoms with Crippen molar-refractivity contribution in [3.63, 3.8) is 0 Å². The minimum Gasteiger partial charge on any atom is -0.458 e. The summed E-state index contributed by atoms with van der Waals surface area (Å²) in [6, 6.07) is 33.7. The van der Waals surface area contributed by atoms with Gasteiger partial charge in [0.1, 0.15) is 6.61 Å². The molecule has 0 saturated heterocycles. The summed E-state index contributed by atoms with van der Waals surface area (Å²) in [5.74, 6) is -0.415. The maximum Gasteiger partial charge on any atom is 0.330 e. The lowest BCUT2D eigenvalue weighted by Crippen LogP contribution is -2.10. The van der Waals surface area contributed by atoms with Crippen molar-refractivity contribution in [1.29, 1.82) is 0 Å². The minimum atomic E-state index is -0.415. The standard InChI is InChI=1S/C30H27NO2/c1-4-30(32)33-21-24-11-13-25(14-12-24)26-15-17-27(18-16-26)31(28-9-5-7-22(2)19-28)29-10-6-8-23(3)20-29/h4-20H,1,21H2,2-3H3. The van der Waals surface area contributed by atoms with Crippen molar-refractivity contribution in [3.05, 3.63) is 126 Å². The van der Waals surface area contributed by atoms with Crippen molar-refractivity contribution in [2.75, 3.05) is 4.90 Å². The second-order valence-corrected chi connectivity index (χ2v) is 8.07. The van der Waals surface area contributed by atoms with E-state index in [1.54, 1.807) is 0 Å². The number of aryl methyl sites for hydroxylation is 2. The smallest absolute Gasteiger partial charge is 0.330 e. The molecule has 4 aromatic carbocycles. The van der Waals surface area contributed by atoms with Gasteiger partial charge in [0, 0.05) is 23.1 Å². The van der Waals surface area contributed by atoms with Gasteiger partial charge in [0.15, 0.2) is 0 Å².